The number of hydrogen-bond acceptors (Lipinski definition) is 0. The van der Waals surface area contributed by atoms with Crippen molar-refractivity contribution in [2.75, 3.05) is 0 Å². The van der Waals surface area contributed by atoms with Crippen molar-refractivity contribution in [2.24, 2.45) is 0 Å². The summed E-state index contributed by atoms with van der Waals surface area (Å²) in [6, 6.07) is 6.74. The number of fused-ring (bicyclic) bond motifs is 1. The van der Waals surface area contributed by atoms with E-state index in [9.17, 15) is 0 Å². The van der Waals surface area contributed by atoms with Gasteiger partial charge in [0.1, 0.15) is 0 Å². The molecule has 0 bridgehead atoms. The van der Waals surface area contributed by atoms with Gasteiger partial charge in [0.25, 0.3) is 0 Å². The Labute approximate surface area is 104 Å². The SMILES string of the molecule is CC(C)(C)c1ccc2c(C(C)(C)C)ccn2c1. The van der Waals surface area contributed by atoms with Crippen molar-refractivity contribution in [3.8, 4) is 0 Å². The van der Waals surface area contributed by atoms with Crippen molar-refractivity contribution in [3.63, 3.8) is 0 Å². The minimum atomic E-state index is 0.206. The molecule has 92 valence electrons. The predicted octanol–water partition coefficient (Wildman–Crippen LogP) is 4.53. The fourth-order valence-electron chi connectivity index (χ4n) is 2.19. The average molecular weight is 229 g/mol. The summed E-state index contributed by atoms with van der Waals surface area (Å²) in [7, 11) is 0. The lowest BCUT2D eigenvalue weighted by atomic mass is 9.86. The zero-order chi connectivity index (χ0) is 12.8. The van der Waals surface area contributed by atoms with E-state index in [1.54, 1.807) is 0 Å². The van der Waals surface area contributed by atoms with Crippen LogP contribution in [0.5, 0.6) is 0 Å². The monoisotopic (exact) mass is 229 g/mol. The summed E-state index contributed by atoms with van der Waals surface area (Å²) >= 11 is 0. The van der Waals surface area contributed by atoms with Crippen LogP contribution in [0.25, 0.3) is 5.52 Å². The molecular weight excluding hydrogens is 206 g/mol. The van der Waals surface area contributed by atoms with Gasteiger partial charge in [-0.3, -0.25) is 0 Å². The lowest BCUT2D eigenvalue weighted by Crippen LogP contribution is -2.13. The summed E-state index contributed by atoms with van der Waals surface area (Å²) in [6.07, 6.45) is 4.43. The molecule has 2 rings (SSSR count). The topological polar surface area (TPSA) is 4.41 Å². The molecule has 0 aromatic carbocycles. The first-order chi connectivity index (χ1) is 7.69. The van der Waals surface area contributed by atoms with Gasteiger partial charge in [0, 0.05) is 17.9 Å². The molecule has 0 radical (unpaired) electrons. The van der Waals surface area contributed by atoms with E-state index in [2.05, 4.69) is 76.5 Å². The molecule has 0 saturated heterocycles. The molecule has 17 heavy (non-hydrogen) atoms. The summed E-state index contributed by atoms with van der Waals surface area (Å²) in [5.74, 6) is 0. The Morgan fingerprint density at radius 1 is 0.824 bits per heavy atom. The predicted molar refractivity (Wildman–Crippen MR) is 74.8 cm³/mol. The van der Waals surface area contributed by atoms with Crippen molar-refractivity contribution in [3.05, 3.63) is 41.7 Å². The highest BCUT2D eigenvalue weighted by molar-refractivity contribution is 5.59. The van der Waals surface area contributed by atoms with Gasteiger partial charge < -0.3 is 4.40 Å². The van der Waals surface area contributed by atoms with Crippen LogP contribution in [-0.2, 0) is 10.8 Å². The molecule has 2 aromatic rings. The molecule has 0 spiro atoms. The maximum atomic E-state index is 2.26. The number of hydrogen-bond donors (Lipinski definition) is 0. The van der Waals surface area contributed by atoms with E-state index in [1.807, 2.05) is 0 Å². The molecule has 0 aliphatic rings. The molecule has 0 N–H and O–H groups in total. The van der Waals surface area contributed by atoms with E-state index >= 15 is 0 Å². The fraction of sp³-hybridized carbons (Fsp3) is 0.500. The van der Waals surface area contributed by atoms with E-state index < -0.39 is 0 Å². The van der Waals surface area contributed by atoms with Gasteiger partial charge in [-0.15, -0.1) is 0 Å². The Kier molecular flexibility index (Phi) is 2.61. The third-order valence-electron chi connectivity index (χ3n) is 3.33. The smallest absolute Gasteiger partial charge is 0.0487 e. The third kappa shape index (κ3) is 2.24. The number of aromatic nitrogens is 1. The van der Waals surface area contributed by atoms with Gasteiger partial charge in [0.15, 0.2) is 0 Å². The van der Waals surface area contributed by atoms with Crippen LogP contribution in [0.4, 0.5) is 0 Å². The van der Waals surface area contributed by atoms with Crippen molar-refractivity contribution in [2.45, 2.75) is 52.4 Å². The number of nitrogens with zero attached hydrogens (tertiary/aromatic N) is 1. The van der Waals surface area contributed by atoms with E-state index in [4.69, 9.17) is 0 Å². The molecule has 0 amide bonds. The van der Waals surface area contributed by atoms with Gasteiger partial charge in [-0.2, -0.15) is 0 Å². The Balaban J connectivity index is 2.61. The van der Waals surface area contributed by atoms with Gasteiger partial charge in [-0.1, -0.05) is 47.6 Å². The normalized spacial score (nSPS) is 13.3. The zero-order valence-corrected chi connectivity index (χ0v) is 11.8. The second-order valence-corrected chi connectivity index (χ2v) is 6.94. The zero-order valence-electron chi connectivity index (χ0n) is 11.8. The van der Waals surface area contributed by atoms with Gasteiger partial charge >= 0.3 is 0 Å². The van der Waals surface area contributed by atoms with Crippen LogP contribution in [0.15, 0.2) is 30.6 Å². The van der Waals surface area contributed by atoms with Crippen molar-refractivity contribution in [1.29, 1.82) is 0 Å². The lowest BCUT2D eigenvalue weighted by Gasteiger charge is -2.21. The molecular formula is C16H23N. The summed E-state index contributed by atoms with van der Waals surface area (Å²) in [5.41, 5.74) is 4.53. The van der Waals surface area contributed by atoms with E-state index in [0.29, 0.717) is 0 Å². The standard InChI is InChI=1S/C16H23N/c1-15(2,3)12-7-8-14-13(16(4,5)6)9-10-17(14)11-12/h7-11H,1-6H3. The first kappa shape index (κ1) is 12.2. The van der Waals surface area contributed by atoms with Crippen molar-refractivity contribution in [1.82, 2.24) is 4.40 Å². The molecule has 0 fully saturated rings. The van der Waals surface area contributed by atoms with Crippen molar-refractivity contribution < 1.29 is 0 Å². The summed E-state index contributed by atoms with van der Waals surface area (Å²) in [4.78, 5) is 0. The van der Waals surface area contributed by atoms with Crippen LogP contribution < -0.4 is 0 Å². The Bertz CT molecular complexity index is 533. The Morgan fingerprint density at radius 3 is 2.00 bits per heavy atom. The number of pyridine rings is 1. The van der Waals surface area contributed by atoms with Crippen LogP contribution in [-0.4, -0.2) is 4.40 Å². The summed E-state index contributed by atoms with van der Waals surface area (Å²) in [5, 5.41) is 0. The summed E-state index contributed by atoms with van der Waals surface area (Å²) in [6.45, 7) is 13.5. The second-order valence-electron chi connectivity index (χ2n) is 6.94. The molecule has 0 aliphatic heterocycles. The van der Waals surface area contributed by atoms with E-state index in [-0.39, 0.29) is 10.8 Å². The Hall–Kier alpha value is -1.24. The molecule has 2 aromatic heterocycles. The van der Waals surface area contributed by atoms with Crippen LogP contribution >= 0.6 is 0 Å². The van der Waals surface area contributed by atoms with Crippen LogP contribution in [0.3, 0.4) is 0 Å². The van der Waals surface area contributed by atoms with Crippen molar-refractivity contribution >= 4 is 5.52 Å². The molecule has 1 heteroatoms. The maximum absolute atomic E-state index is 2.26. The average Bonchev–Trinajstić information content (AvgIpc) is 2.57. The second kappa shape index (κ2) is 3.63. The fourth-order valence-corrected chi connectivity index (χ4v) is 2.19. The van der Waals surface area contributed by atoms with Gasteiger partial charge in [-0.25, -0.2) is 0 Å². The maximum Gasteiger partial charge on any atom is 0.0487 e. The molecule has 0 aliphatic carbocycles. The molecule has 0 unspecified atom stereocenters. The molecule has 2 heterocycles. The highest BCUT2D eigenvalue weighted by atomic mass is 14.9. The van der Waals surface area contributed by atoms with Crippen LogP contribution in [0.1, 0.15) is 52.7 Å². The van der Waals surface area contributed by atoms with E-state index in [0.717, 1.165) is 0 Å². The van der Waals surface area contributed by atoms with E-state index in [1.165, 1.54) is 16.6 Å². The molecule has 0 saturated carbocycles. The third-order valence-corrected chi connectivity index (χ3v) is 3.33. The largest absolute Gasteiger partial charge is 0.323 e. The minimum Gasteiger partial charge on any atom is -0.323 e. The quantitative estimate of drug-likeness (QED) is 0.625. The first-order valence-corrected chi connectivity index (χ1v) is 6.31. The van der Waals surface area contributed by atoms with Gasteiger partial charge in [0.2, 0.25) is 0 Å². The first-order valence-electron chi connectivity index (χ1n) is 6.31. The van der Waals surface area contributed by atoms with Gasteiger partial charge in [-0.05, 0) is 34.1 Å². The highest BCUT2D eigenvalue weighted by Gasteiger charge is 2.19. The van der Waals surface area contributed by atoms with Gasteiger partial charge in [0.05, 0.1) is 0 Å². The number of rotatable bonds is 0. The van der Waals surface area contributed by atoms with Crippen LogP contribution in [0.2, 0.25) is 0 Å². The molecule has 0 atom stereocenters. The lowest BCUT2D eigenvalue weighted by molar-refractivity contribution is 0.585. The Morgan fingerprint density at radius 2 is 1.47 bits per heavy atom. The highest BCUT2D eigenvalue weighted by Crippen LogP contribution is 2.29. The summed E-state index contributed by atoms with van der Waals surface area (Å²) < 4.78 is 2.25. The molecule has 1 nitrogen and oxygen atoms in total. The van der Waals surface area contributed by atoms with Crippen LogP contribution in [0, 0.1) is 0 Å². The minimum absolute atomic E-state index is 0.206.